The molecule has 0 spiro atoms. The number of carbonyl (C=O) groups is 1. The number of hydrogen-bond donors (Lipinski definition) is 2. The summed E-state index contributed by atoms with van der Waals surface area (Å²) in [7, 11) is -3.21. The van der Waals surface area contributed by atoms with Gasteiger partial charge in [-0.25, -0.2) is 13.2 Å². The molecule has 8 nitrogen and oxygen atoms in total. The summed E-state index contributed by atoms with van der Waals surface area (Å²) in [5.41, 5.74) is 4.36. The van der Waals surface area contributed by atoms with E-state index in [0.29, 0.717) is 25.3 Å². The Hall–Kier alpha value is -2.39. The van der Waals surface area contributed by atoms with Gasteiger partial charge in [-0.05, 0) is 37.1 Å². The van der Waals surface area contributed by atoms with E-state index in [9.17, 15) is 13.2 Å². The first kappa shape index (κ1) is 18.4. The molecule has 1 aromatic carbocycles. The van der Waals surface area contributed by atoms with Crippen LogP contribution in [-0.2, 0) is 29.7 Å². The van der Waals surface area contributed by atoms with E-state index in [2.05, 4.69) is 15.7 Å². The fourth-order valence-electron chi connectivity index (χ4n) is 2.88. The number of fused-ring (bicyclic) bond motifs is 1. The Morgan fingerprint density at radius 1 is 1.23 bits per heavy atom. The van der Waals surface area contributed by atoms with Crippen LogP contribution in [0.4, 0.5) is 10.5 Å². The van der Waals surface area contributed by atoms with E-state index < -0.39 is 10.0 Å². The van der Waals surface area contributed by atoms with Gasteiger partial charge in [0.05, 0.1) is 37.3 Å². The van der Waals surface area contributed by atoms with Crippen LogP contribution in [0.3, 0.4) is 0 Å². The molecular formula is C17H23N5O3S. The van der Waals surface area contributed by atoms with E-state index in [1.54, 1.807) is 4.68 Å². The number of hydrogen-bond acceptors (Lipinski definition) is 4. The number of aryl methyl sites for hydroxylation is 2. The van der Waals surface area contributed by atoms with E-state index in [4.69, 9.17) is 0 Å². The normalized spacial score (nSPS) is 14.7. The minimum atomic E-state index is -3.21. The lowest BCUT2D eigenvalue weighted by Crippen LogP contribution is -2.37. The monoisotopic (exact) mass is 377 g/mol. The molecule has 0 saturated heterocycles. The fraction of sp³-hybridized carbons (Fsp3) is 0.412. The van der Waals surface area contributed by atoms with Gasteiger partial charge in [-0.2, -0.15) is 9.40 Å². The Morgan fingerprint density at radius 2 is 2.00 bits per heavy atom. The number of benzene rings is 1. The lowest BCUT2D eigenvalue weighted by molar-refractivity contribution is 0.251. The van der Waals surface area contributed by atoms with Gasteiger partial charge in [0, 0.05) is 12.2 Å². The number of aromatic nitrogens is 2. The largest absolute Gasteiger partial charge is 0.332 e. The van der Waals surface area contributed by atoms with Crippen molar-refractivity contribution >= 4 is 21.7 Å². The maximum absolute atomic E-state index is 12.1. The van der Waals surface area contributed by atoms with E-state index in [1.807, 2.05) is 38.1 Å². The maximum atomic E-state index is 12.1. The lowest BCUT2D eigenvalue weighted by atomic mass is 10.1. The molecular weight excluding hydrogens is 354 g/mol. The van der Waals surface area contributed by atoms with E-state index >= 15 is 0 Å². The van der Waals surface area contributed by atoms with E-state index in [-0.39, 0.29) is 12.6 Å². The van der Waals surface area contributed by atoms with Gasteiger partial charge in [0.25, 0.3) is 0 Å². The zero-order chi connectivity index (χ0) is 18.9. The molecule has 3 rings (SSSR count). The molecule has 2 N–H and O–H groups in total. The Morgan fingerprint density at radius 3 is 2.73 bits per heavy atom. The molecule has 0 aliphatic carbocycles. The zero-order valence-corrected chi connectivity index (χ0v) is 15.9. The molecule has 26 heavy (non-hydrogen) atoms. The molecule has 140 valence electrons. The van der Waals surface area contributed by atoms with Crippen LogP contribution in [0.2, 0.25) is 0 Å². The number of nitrogens with one attached hydrogen (secondary N) is 2. The van der Waals surface area contributed by atoms with Crippen molar-refractivity contribution in [2.75, 3.05) is 18.1 Å². The molecule has 1 aromatic heterocycles. The number of urea groups is 1. The van der Waals surface area contributed by atoms with Crippen LogP contribution in [0.15, 0.2) is 24.3 Å². The Labute approximate surface area is 153 Å². The molecule has 0 fully saturated rings. The predicted molar refractivity (Wildman–Crippen MR) is 99.3 cm³/mol. The van der Waals surface area contributed by atoms with Gasteiger partial charge >= 0.3 is 6.03 Å². The highest BCUT2D eigenvalue weighted by Crippen LogP contribution is 2.17. The summed E-state index contributed by atoms with van der Waals surface area (Å²) in [6.45, 7) is 5.41. The van der Waals surface area contributed by atoms with Crippen molar-refractivity contribution in [3.05, 3.63) is 46.8 Å². The standard InChI is InChI=1S/C17H23N5O3S/c1-12-4-5-13(2)16(8-12)19-17(23)18-10-14-9-15-11-21(26(3,24)25)6-7-22(15)20-14/h4-5,8-9H,6-7,10-11H2,1-3H3,(H2,18,19,23). The molecule has 0 bridgehead atoms. The number of nitrogens with zero attached hydrogens (tertiary/aromatic N) is 3. The second-order valence-electron chi connectivity index (χ2n) is 6.57. The van der Waals surface area contributed by atoms with Crippen LogP contribution in [0, 0.1) is 13.8 Å². The fourth-order valence-corrected chi connectivity index (χ4v) is 3.66. The Kier molecular flexibility index (Phi) is 5.01. The summed E-state index contributed by atoms with van der Waals surface area (Å²) in [4.78, 5) is 12.1. The molecule has 1 aliphatic rings. The van der Waals surface area contributed by atoms with Crippen LogP contribution in [0.25, 0.3) is 0 Å². The van der Waals surface area contributed by atoms with Crippen molar-refractivity contribution in [3.8, 4) is 0 Å². The van der Waals surface area contributed by atoms with Crippen molar-refractivity contribution in [2.24, 2.45) is 0 Å². The number of anilines is 1. The van der Waals surface area contributed by atoms with Crippen LogP contribution in [0.1, 0.15) is 22.5 Å². The van der Waals surface area contributed by atoms with Crippen LogP contribution in [-0.4, -0.2) is 41.3 Å². The second kappa shape index (κ2) is 7.08. The molecule has 0 unspecified atom stereocenters. The van der Waals surface area contributed by atoms with Gasteiger partial charge in [-0.15, -0.1) is 0 Å². The molecule has 0 radical (unpaired) electrons. The zero-order valence-electron chi connectivity index (χ0n) is 15.1. The highest BCUT2D eigenvalue weighted by molar-refractivity contribution is 7.88. The van der Waals surface area contributed by atoms with Gasteiger partial charge in [0.2, 0.25) is 10.0 Å². The summed E-state index contributed by atoms with van der Waals surface area (Å²) in [6, 6.07) is 7.40. The summed E-state index contributed by atoms with van der Waals surface area (Å²) in [6.07, 6.45) is 1.21. The first-order chi connectivity index (χ1) is 12.2. The molecule has 1 aliphatic heterocycles. The molecule has 0 saturated carbocycles. The molecule has 2 amide bonds. The second-order valence-corrected chi connectivity index (χ2v) is 8.56. The number of rotatable bonds is 4. The molecule has 0 atom stereocenters. The lowest BCUT2D eigenvalue weighted by Gasteiger charge is -2.25. The third-order valence-electron chi connectivity index (χ3n) is 4.35. The van der Waals surface area contributed by atoms with Crippen LogP contribution >= 0.6 is 0 Å². The first-order valence-electron chi connectivity index (χ1n) is 8.35. The van der Waals surface area contributed by atoms with Crippen molar-refractivity contribution in [1.29, 1.82) is 0 Å². The topological polar surface area (TPSA) is 96.3 Å². The van der Waals surface area contributed by atoms with Gasteiger partial charge in [-0.1, -0.05) is 12.1 Å². The summed E-state index contributed by atoms with van der Waals surface area (Å²) in [5, 5.41) is 10.1. The van der Waals surface area contributed by atoms with Gasteiger partial charge in [-0.3, -0.25) is 4.68 Å². The van der Waals surface area contributed by atoms with Crippen LogP contribution in [0.5, 0.6) is 0 Å². The van der Waals surface area contributed by atoms with Crippen molar-refractivity contribution in [1.82, 2.24) is 19.4 Å². The number of amides is 2. The molecule has 9 heteroatoms. The van der Waals surface area contributed by atoms with Crippen molar-refractivity contribution in [3.63, 3.8) is 0 Å². The maximum Gasteiger partial charge on any atom is 0.319 e. The summed E-state index contributed by atoms with van der Waals surface area (Å²) in [5.74, 6) is 0. The predicted octanol–water partition coefficient (Wildman–Crippen LogP) is 1.60. The molecule has 2 heterocycles. The minimum Gasteiger partial charge on any atom is -0.332 e. The average molecular weight is 377 g/mol. The number of sulfonamides is 1. The SMILES string of the molecule is Cc1ccc(C)c(NC(=O)NCc2cc3n(n2)CCN(S(C)(=O)=O)C3)c1. The Bertz CT molecular complexity index is 936. The van der Waals surface area contributed by atoms with E-state index in [1.165, 1.54) is 10.6 Å². The first-order valence-corrected chi connectivity index (χ1v) is 10.2. The summed E-state index contributed by atoms with van der Waals surface area (Å²) >= 11 is 0. The minimum absolute atomic E-state index is 0.273. The van der Waals surface area contributed by atoms with Crippen molar-refractivity contribution in [2.45, 2.75) is 33.5 Å². The van der Waals surface area contributed by atoms with E-state index in [0.717, 1.165) is 22.5 Å². The third kappa shape index (κ3) is 4.23. The third-order valence-corrected chi connectivity index (χ3v) is 5.60. The summed E-state index contributed by atoms with van der Waals surface area (Å²) < 4.78 is 26.6. The Balaban J connectivity index is 1.60. The average Bonchev–Trinajstić information content (AvgIpc) is 2.97. The van der Waals surface area contributed by atoms with Crippen molar-refractivity contribution < 1.29 is 13.2 Å². The van der Waals surface area contributed by atoms with Gasteiger partial charge in [0.1, 0.15) is 0 Å². The molecule has 2 aromatic rings. The quantitative estimate of drug-likeness (QED) is 0.846. The smallest absolute Gasteiger partial charge is 0.319 e. The van der Waals surface area contributed by atoms with Crippen LogP contribution < -0.4 is 10.6 Å². The highest BCUT2D eigenvalue weighted by atomic mass is 32.2. The van der Waals surface area contributed by atoms with Gasteiger partial charge in [0.15, 0.2) is 0 Å². The van der Waals surface area contributed by atoms with Gasteiger partial charge < -0.3 is 10.6 Å². The number of carbonyl (C=O) groups excluding carboxylic acids is 1. The highest BCUT2D eigenvalue weighted by Gasteiger charge is 2.24.